The van der Waals surface area contributed by atoms with Gasteiger partial charge in [0.05, 0.1) is 11.3 Å². The van der Waals surface area contributed by atoms with E-state index in [4.69, 9.17) is 16.7 Å². The maximum absolute atomic E-state index is 11.4. The van der Waals surface area contributed by atoms with Gasteiger partial charge in [0.15, 0.2) is 0 Å². The van der Waals surface area contributed by atoms with Crippen LogP contribution in [0, 0.1) is 11.3 Å². The number of anilines is 2. The number of carbonyl (C=O) groups excluding carboxylic acids is 1. The molecule has 1 aromatic carbocycles. The molecule has 1 amide bonds. The summed E-state index contributed by atoms with van der Waals surface area (Å²) in [6, 6.07) is 6.98. The van der Waals surface area contributed by atoms with Crippen LogP contribution >= 0.6 is 0 Å². The van der Waals surface area contributed by atoms with Crippen molar-refractivity contribution in [1.29, 1.82) is 5.26 Å². The Bertz CT molecular complexity index is 506. The van der Waals surface area contributed by atoms with Crippen LogP contribution < -0.4 is 16.4 Å². The number of rotatable bonds is 2. The van der Waals surface area contributed by atoms with Gasteiger partial charge in [0.2, 0.25) is 5.91 Å². The molecule has 0 saturated carbocycles. The Kier molecular flexibility index (Phi) is 3.38. The van der Waals surface area contributed by atoms with Gasteiger partial charge < -0.3 is 16.4 Å². The molecular weight excluding hydrogens is 228 g/mol. The van der Waals surface area contributed by atoms with E-state index in [9.17, 15) is 4.79 Å². The van der Waals surface area contributed by atoms with Gasteiger partial charge in [0.1, 0.15) is 12.1 Å². The first-order chi connectivity index (χ1) is 8.63. The van der Waals surface area contributed by atoms with Crippen molar-refractivity contribution >= 4 is 17.3 Å². The van der Waals surface area contributed by atoms with Crippen LogP contribution in [0.4, 0.5) is 11.4 Å². The Morgan fingerprint density at radius 1 is 1.44 bits per heavy atom. The van der Waals surface area contributed by atoms with Crippen LogP contribution in [-0.2, 0) is 4.79 Å². The highest BCUT2D eigenvalue weighted by Gasteiger charge is 2.27. The molecule has 1 aliphatic rings. The Morgan fingerprint density at radius 3 is 2.83 bits per heavy atom. The van der Waals surface area contributed by atoms with Crippen LogP contribution in [0.15, 0.2) is 18.2 Å². The quantitative estimate of drug-likeness (QED) is 0.758. The summed E-state index contributed by atoms with van der Waals surface area (Å²) in [4.78, 5) is 13.4. The summed E-state index contributed by atoms with van der Waals surface area (Å²) in [5.41, 5.74) is 13.0. The summed E-state index contributed by atoms with van der Waals surface area (Å²) >= 11 is 0. The summed E-state index contributed by atoms with van der Waals surface area (Å²) < 4.78 is 0. The third-order valence-corrected chi connectivity index (χ3v) is 3.32. The number of hydrogen-bond donors (Lipinski definition) is 2. The van der Waals surface area contributed by atoms with Crippen molar-refractivity contribution < 1.29 is 4.79 Å². The molecule has 0 spiro atoms. The second-order valence-corrected chi connectivity index (χ2v) is 4.49. The number of piperidine rings is 1. The van der Waals surface area contributed by atoms with Gasteiger partial charge in [-0.2, -0.15) is 5.26 Å². The third kappa shape index (κ3) is 2.23. The van der Waals surface area contributed by atoms with Gasteiger partial charge >= 0.3 is 0 Å². The largest absolute Gasteiger partial charge is 0.398 e. The predicted molar refractivity (Wildman–Crippen MR) is 69.7 cm³/mol. The zero-order valence-electron chi connectivity index (χ0n) is 10.1. The van der Waals surface area contributed by atoms with Crippen LogP contribution in [0.2, 0.25) is 0 Å². The minimum absolute atomic E-state index is 0.272. The molecule has 1 fully saturated rings. The number of carbonyl (C=O) groups is 1. The number of nitrogen functional groups attached to an aromatic ring is 1. The first-order valence-electron chi connectivity index (χ1n) is 5.99. The lowest BCUT2D eigenvalue weighted by molar-refractivity contribution is -0.119. The molecule has 4 N–H and O–H groups in total. The second kappa shape index (κ2) is 4.96. The van der Waals surface area contributed by atoms with E-state index in [0.29, 0.717) is 11.3 Å². The topological polar surface area (TPSA) is 96.1 Å². The maximum atomic E-state index is 11.4. The van der Waals surface area contributed by atoms with Crippen LogP contribution in [0.25, 0.3) is 0 Å². The third-order valence-electron chi connectivity index (χ3n) is 3.32. The molecule has 1 aliphatic heterocycles. The molecule has 1 saturated heterocycles. The predicted octanol–water partition coefficient (Wildman–Crippen LogP) is 0.985. The molecular formula is C13H16N4O. The number of benzene rings is 1. The number of nitriles is 1. The molecule has 5 heteroatoms. The van der Waals surface area contributed by atoms with E-state index in [1.54, 1.807) is 12.1 Å². The zero-order valence-corrected chi connectivity index (χ0v) is 10.1. The number of primary amides is 1. The van der Waals surface area contributed by atoms with Crippen molar-refractivity contribution in [2.24, 2.45) is 5.73 Å². The number of hydrogen-bond acceptors (Lipinski definition) is 4. The van der Waals surface area contributed by atoms with Crippen molar-refractivity contribution in [3.8, 4) is 6.07 Å². The van der Waals surface area contributed by atoms with Crippen molar-refractivity contribution in [2.75, 3.05) is 17.2 Å². The van der Waals surface area contributed by atoms with E-state index < -0.39 is 0 Å². The SMILES string of the molecule is N#Cc1ccc(N2CCCCC2C(N)=O)cc1N. The first-order valence-corrected chi connectivity index (χ1v) is 5.99. The fourth-order valence-corrected chi connectivity index (χ4v) is 2.37. The van der Waals surface area contributed by atoms with Gasteiger partial charge in [-0.3, -0.25) is 4.79 Å². The zero-order chi connectivity index (χ0) is 13.1. The standard InChI is InChI=1S/C13H16N4O/c14-8-9-4-5-10(7-11(9)15)17-6-2-1-3-12(17)13(16)18/h4-5,7,12H,1-3,6,15H2,(H2,16,18). The average molecular weight is 244 g/mol. The number of amides is 1. The van der Waals surface area contributed by atoms with Crippen molar-refractivity contribution in [2.45, 2.75) is 25.3 Å². The van der Waals surface area contributed by atoms with E-state index in [-0.39, 0.29) is 11.9 Å². The summed E-state index contributed by atoms with van der Waals surface area (Å²) in [5, 5.41) is 8.84. The smallest absolute Gasteiger partial charge is 0.240 e. The van der Waals surface area contributed by atoms with E-state index in [2.05, 4.69) is 0 Å². The lowest BCUT2D eigenvalue weighted by atomic mass is 10.00. The molecule has 94 valence electrons. The highest BCUT2D eigenvalue weighted by atomic mass is 16.1. The van der Waals surface area contributed by atoms with E-state index in [0.717, 1.165) is 31.5 Å². The molecule has 1 heterocycles. The minimum Gasteiger partial charge on any atom is -0.398 e. The molecule has 1 atom stereocenters. The molecule has 1 aromatic rings. The molecule has 0 bridgehead atoms. The number of nitrogens with zero attached hydrogens (tertiary/aromatic N) is 2. The Balaban J connectivity index is 2.32. The Hall–Kier alpha value is -2.22. The normalized spacial score (nSPS) is 19.3. The van der Waals surface area contributed by atoms with Crippen molar-refractivity contribution in [1.82, 2.24) is 0 Å². The van der Waals surface area contributed by atoms with E-state index in [1.807, 2.05) is 17.0 Å². The molecule has 0 radical (unpaired) electrons. The van der Waals surface area contributed by atoms with Gasteiger partial charge in [-0.1, -0.05) is 0 Å². The van der Waals surface area contributed by atoms with Gasteiger partial charge in [0, 0.05) is 12.2 Å². The van der Waals surface area contributed by atoms with Gasteiger partial charge in [0.25, 0.3) is 0 Å². The van der Waals surface area contributed by atoms with Crippen LogP contribution in [0.5, 0.6) is 0 Å². The molecule has 2 rings (SSSR count). The van der Waals surface area contributed by atoms with Crippen LogP contribution in [-0.4, -0.2) is 18.5 Å². The molecule has 1 unspecified atom stereocenters. The lowest BCUT2D eigenvalue weighted by Gasteiger charge is -2.35. The Labute approximate surface area is 106 Å². The van der Waals surface area contributed by atoms with Crippen molar-refractivity contribution in [3.63, 3.8) is 0 Å². The fraction of sp³-hybridized carbons (Fsp3) is 0.385. The lowest BCUT2D eigenvalue weighted by Crippen LogP contribution is -2.47. The van der Waals surface area contributed by atoms with Crippen LogP contribution in [0.3, 0.4) is 0 Å². The maximum Gasteiger partial charge on any atom is 0.240 e. The van der Waals surface area contributed by atoms with E-state index in [1.165, 1.54) is 0 Å². The van der Waals surface area contributed by atoms with Gasteiger partial charge in [-0.05, 0) is 37.5 Å². The fourth-order valence-electron chi connectivity index (χ4n) is 2.37. The minimum atomic E-state index is -0.308. The monoisotopic (exact) mass is 244 g/mol. The summed E-state index contributed by atoms with van der Waals surface area (Å²) in [6.07, 6.45) is 2.81. The van der Waals surface area contributed by atoms with Crippen LogP contribution in [0.1, 0.15) is 24.8 Å². The Morgan fingerprint density at radius 2 is 2.22 bits per heavy atom. The summed E-state index contributed by atoms with van der Waals surface area (Å²) in [5.74, 6) is -0.308. The average Bonchev–Trinajstić information content (AvgIpc) is 2.38. The summed E-state index contributed by atoms with van der Waals surface area (Å²) in [7, 11) is 0. The number of nitrogens with two attached hydrogens (primary N) is 2. The van der Waals surface area contributed by atoms with Gasteiger partial charge in [-0.15, -0.1) is 0 Å². The first kappa shape index (κ1) is 12.2. The molecule has 5 nitrogen and oxygen atoms in total. The molecule has 18 heavy (non-hydrogen) atoms. The van der Waals surface area contributed by atoms with Gasteiger partial charge in [-0.25, -0.2) is 0 Å². The highest BCUT2D eigenvalue weighted by Crippen LogP contribution is 2.27. The van der Waals surface area contributed by atoms with E-state index >= 15 is 0 Å². The molecule has 0 aliphatic carbocycles. The molecule has 0 aromatic heterocycles. The highest BCUT2D eigenvalue weighted by molar-refractivity contribution is 5.84. The van der Waals surface area contributed by atoms with Crippen molar-refractivity contribution in [3.05, 3.63) is 23.8 Å². The second-order valence-electron chi connectivity index (χ2n) is 4.49. The summed E-state index contributed by atoms with van der Waals surface area (Å²) in [6.45, 7) is 0.791.